The van der Waals surface area contributed by atoms with Gasteiger partial charge in [0, 0.05) is 38.6 Å². The van der Waals surface area contributed by atoms with Gasteiger partial charge in [0.2, 0.25) is 5.91 Å². The van der Waals surface area contributed by atoms with E-state index < -0.39 is 5.69 Å². The Bertz CT molecular complexity index is 830. The van der Waals surface area contributed by atoms with Crippen LogP contribution >= 0.6 is 11.6 Å². The van der Waals surface area contributed by atoms with E-state index in [4.69, 9.17) is 11.6 Å². The summed E-state index contributed by atoms with van der Waals surface area (Å²) in [5.41, 5.74) is 1.03. The highest BCUT2D eigenvalue weighted by atomic mass is 35.5. The molecule has 2 aromatic rings. The Kier molecular flexibility index (Phi) is 5.90. The van der Waals surface area contributed by atoms with Gasteiger partial charge in [-0.3, -0.25) is 9.36 Å². The summed E-state index contributed by atoms with van der Waals surface area (Å²) < 4.78 is 1.26. The fourth-order valence-electron chi connectivity index (χ4n) is 3.08. The molecule has 0 atom stereocenters. The number of halogens is 1. The zero-order valence-electron chi connectivity index (χ0n) is 14.7. The SMILES string of the molecule is CCN1CCN(c2c(Cl)cccc2NC(=O)Cn2cccnc2=O)CC1. The Hall–Kier alpha value is -2.38. The second-order valence-electron chi connectivity index (χ2n) is 6.14. The molecule has 2 heterocycles. The van der Waals surface area contributed by atoms with E-state index >= 15 is 0 Å². The maximum atomic E-state index is 12.4. The van der Waals surface area contributed by atoms with Crippen molar-refractivity contribution in [1.82, 2.24) is 14.5 Å². The average molecular weight is 376 g/mol. The minimum Gasteiger partial charge on any atom is -0.366 e. The Morgan fingerprint density at radius 1 is 1.23 bits per heavy atom. The normalized spacial score (nSPS) is 15.1. The van der Waals surface area contributed by atoms with Crippen LogP contribution in [0.15, 0.2) is 41.5 Å². The van der Waals surface area contributed by atoms with Crippen LogP contribution in [-0.4, -0.2) is 53.1 Å². The van der Waals surface area contributed by atoms with Crippen LogP contribution in [-0.2, 0) is 11.3 Å². The predicted octanol–water partition coefficient (Wildman–Crippen LogP) is 1.68. The number of hydrogen-bond acceptors (Lipinski definition) is 5. The third-order valence-electron chi connectivity index (χ3n) is 4.49. The van der Waals surface area contributed by atoms with Gasteiger partial charge in [-0.15, -0.1) is 0 Å². The van der Waals surface area contributed by atoms with E-state index in [9.17, 15) is 9.59 Å². The first-order chi connectivity index (χ1) is 12.6. The molecule has 1 aliphatic heterocycles. The van der Waals surface area contributed by atoms with Crippen LogP contribution in [0.3, 0.4) is 0 Å². The second kappa shape index (κ2) is 8.33. The maximum Gasteiger partial charge on any atom is 0.347 e. The zero-order chi connectivity index (χ0) is 18.5. The number of hydrogen-bond donors (Lipinski definition) is 1. The van der Waals surface area contributed by atoms with Gasteiger partial charge >= 0.3 is 5.69 Å². The molecule has 1 fully saturated rings. The number of carbonyl (C=O) groups is 1. The highest BCUT2D eigenvalue weighted by Crippen LogP contribution is 2.34. The predicted molar refractivity (Wildman–Crippen MR) is 103 cm³/mol. The summed E-state index contributed by atoms with van der Waals surface area (Å²) in [5.74, 6) is -0.296. The van der Waals surface area contributed by atoms with Crippen molar-refractivity contribution in [2.75, 3.05) is 42.9 Å². The molecule has 1 N–H and O–H groups in total. The molecule has 1 aromatic heterocycles. The second-order valence-corrected chi connectivity index (χ2v) is 6.54. The fourth-order valence-corrected chi connectivity index (χ4v) is 3.37. The van der Waals surface area contributed by atoms with Crippen molar-refractivity contribution in [3.8, 4) is 0 Å². The van der Waals surface area contributed by atoms with Crippen molar-refractivity contribution in [3.05, 3.63) is 52.2 Å². The third-order valence-corrected chi connectivity index (χ3v) is 4.80. The lowest BCUT2D eigenvalue weighted by molar-refractivity contribution is -0.116. The molecule has 0 bridgehead atoms. The number of para-hydroxylation sites is 1. The van der Waals surface area contributed by atoms with Gasteiger partial charge < -0.3 is 15.1 Å². The maximum absolute atomic E-state index is 12.4. The van der Waals surface area contributed by atoms with E-state index in [2.05, 4.69) is 27.0 Å². The molecular formula is C18H22ClN5O2. The van der Waals surface area contributed by atoms with Crippen LogP contribution in [0.1, 0.15) is 6.92 Å². The topological polar surface area (TPSA) is 70.5 Å². The van der Waals surface area contributed by atoms with Gasteiger partial charge in [-0.1, -0.05) is 24.6 Å². The first-order valence-electron chi connectivity index (χ1n) is 8.65. The Labute approximate surface area is 157 Å². The number of nitrogens with one attached hydrogen (secondary N) is 1. The average Bonchev–Trinajstić information content (AvgIpc) is 2.64. The van der Waals surface area contributed by atoms with E-state index in [-0.39, 0.29) is 12.5 Å². The monoisotopic (exact) mass is 375 g/mol. The van der Waals surface area contributed by atoms with Gasteiger partial charge in [-0.25, -0.2) is 9.78 Å². The van der Waals surface area contributed by atoms with E-state index in [0.717, 1.165) is 38.4 Å². The molecule has 138 valence electrons. The van der Waals surface area contributed by atoms with Gasteiger partial charge in [-0.05, 0) is 24.7 Å². The fraction of sp³-hybridized carbons (Fsp3) is 0.389. The van der Waals surface area contributed by atoms with Gasteiger partial charge in [0.05, 0.1) is 16.4 Å². The van der Waals surface area contributed by atoms with Crippen molar-refractivity contribution in [3.63, 3.8) is 0 Å². The summed E-state index contributed by atoms with van der Waals surface area (Å²) in [7, 11) is 0. The zero-order valence-corrected chi connectivity index (χ0v) is 15.4. The summed E-state index contributed by atoms with van der Waals surface area (Å²) in [6.45, 7) is 6.70. The van der Waals surface area contributed by atoms with E-state index in [1.165, 1.54) is 17.0 Å². The third kappa shape index (κ3) is 4.23. The van der Waals surface area contributed by atoms with Crippen LogP contribution in [0, 0.1) is 0 Å². The summed E-state index contributed by atoms with van der Waals surface area (Å²) >= 11 is 6.43. The Balaban J connectivity index is 1.76. The number of nitrogens with zero attached hydrogens (tertiary/aromatic N) is 4. The van der Waals surface area contributed by atoms with Gasteiger partial charge in [0.25, 0.3) is 0 Å². The minimum absolute atomic E-state index is 0.0950. The highest BCUT2D eigenvalue weighted by molar-refractivity contribution is 6.34. The standard InChI is InChI=1S/C18H22ClN5O2/c1-2-22-9-11-23(12-10-22)17-14(19)5-3-6-15(17)21-16(25)13-24-8-4-7-20-18(24)26/h3-8H,2,9-13H2,1H3,(H,21,25). The molecule has 3 rings (SSSR count). The summed E-state index contributed by atoms with van der Waals surface area (Å²) in [5, 5.41) is 3.49. The van der Waals surface area contributed by atoms with E-state index in [1.54, 1.807) is 12.1 Å². The molecule has 0 saturated carbocycles. The number of rotatable bonds is 5. The molecule has 0 radical (unpaired) electrons. The smallest absolute Gasteiger partial charge is 0.347 e. The lowest BCUT2D eigenvalue weighted by atomic mass is 10.2. The molecular weight excluding hydrogens is 354 g/mol. The molecule has 1 amide bonds. The van der Waals surface area contributed by atoms with Gasteiger partial charge in [-0.2, -0.15) is 0 Å². The number of likely N-dealkylation sites (N-methyl/N-ethyl adjacent to an activating group) is 1. The number of anilines is 2. The number of amides is 1. The minimum atomic E-state index is -0.454. The lowest BCUT2D eigenvalue weighted by Gasteiger charge is -2.36. The molecule has 1 aliphatic rings. The summed E-state index contributed by atoms with van der Waals surface area (Å²) in [4.78, 5) is 32.3. The number of piperazine rings is 1. The van der Waals surface area contributed by atoms with Crippen LogP contribution in [0.4, 0.5) is 11.4 Å². The van der Waals surface area contributed by atoms with Crippen molar-refractivity contribution < 1.29 is 4.79 Å². The van der Waals surface area contributed by atoms with Crippen molar-refractivity contribution >= 4 is 28.9 Å². The Morgan fingerprint density at radius 2 is 2.00 bits per heavy atom. The summed E-state index contributed by atoms with van der Waals surface area (Å²) in [6.07, 6.45) is 2.94. The molecule has 7 nitrogen and oxygen atoms in total. The van der Waals surface area contributed by atoms with Crippen LogP contribution < -0.4 is 15.9 Å². The number of benzene rings is 1. The quantitative estimate of drug-likeness (QED) is 0.861. The van der Waals surface area contributed by atoms with E-state index in [0.29, 0.717) is 10.7 Å². The molecule has 1 saturated heterocycles. The van der Waals surface area contributed by atoms with Crippen LogP contribution in [0.5, 0.6) is 0 Å². The van der Waals surface area contributed by atoms with Crippen molar-refractivity contribution in [1.29, 1.82) is 0 Å². The largest absolute Gasteiger partial charge is 0.366 e. The Morgan fingerprint density at radius 3 is 2.69 bits per heavy atom. The molecule has 8 heteroatoms. The van der Waals surface area contributed by atoms with E-state index in [1.807, 2.05) is 12.1 Å². The van der Waals surface area contributed by atoms with Crippen LogP contribution in [0.2, 0.25) is 5.02 Å². The lowest BCUT2D eigenvalue weighted by Crippen LogP contribution is -2.46. The molecule has 0 aliphatic carbocycles. The van der Waals surface area contributed by atoms with Gasteiger partial charge in [0.15, 0.2) is 0 Å². The molecule has 0 unspecified atom stereocenters. The molecule has 26 heavy (non-hydrogen) atoms. The summed E-state index contributed by atoms with van der Waals surface area (Å²) in [6, 6.07) is 7.08. The first-order valence-corrected chi connectivity index (χ1v) is 9.03. The molecule has 0 spiro atoms. The van der Waals surface area contributed by atoms with Crippen LogP contribution in [0.25, 0.3) is 0 Å². The first kappa shape index (κ1) is 18.4. The van der Waals surface area contributed by atoms with Gasteiger partial charge in [0.1, 0.15) is 6.54 Å². The highest BCUT2D eigenvalue weighted by Gasteiger charge is 2.21. The van der Waals surface area contributed by atoms with Crippen molar-refractivity contribution in [2.24, 2.45) is 0 Å². The number of carbonyl (C=O) groups excluding carboxylic acids is 1. The van der Waals surface area contributed by atoms with Crippen molar-refractivity contribution in [2.45, 2.75) is 13.5 Å². The number of aromatic nitrogens is 2. The molecule has 1 aromatic carbocycles.